The molecule has 0 spiro atoms. The summed E-state index contributed by atoms with van der Waals surface area (Å²) in [5.41, 5.74) is 9.95. The maximum atomic E-state index is 13.8. The zero-order valence-corrected chi connectivity index (χ0v) is 22.9. The molecule has 0 bridgehead atoms. The number of esters is 1. The number of nitrogens with one attached hydrogen (secondary N) is 2. The third kappa shape index (κ3) is 5.90. The summed E-state index contributed by atoms with van der Waals surface area (Å²) < 4.78 is 37.6. The van der Waals surface area contributed by atoms with Crippen molar-refractivity contribution in [1.82, 2.24) is 19.6 Å². The van der Waals surface area contributed by atoms with E-state index in [1.807, 2.05) is 0 Å². The molecular formula is C25H31N6O8P. The number of nitrogens with zero attached hydrogens (tertiary/aromatic N) is 2. The molecule has 1 aliphatic rings. The highest BCUT2D eigenvalue weighted by Gasteiger charge is 2.55. The average Bonchev–Trinajstić information content (AvgIpc) is 3.42. The lowest BCUT2D eigenvalue weighted by molar-refractivity contribution is -0.149. The molecule has 3 aromatic rings. The number of H-pyrrole nitrogens is 1. The molecule has 0 aliphatic carbocycles. The number of anilines is 1. The number of hydrogen-bond donors (Lipinski definition) is 5. The van der Waals surface area contributed by atoms with Gasteiger partial charge < -0.3 is 35.1 Å². The predicted octanol–water partition coefficient (Wildman–Crippen LogP) is 1.03. The van der Waals surface area contributed by atoms with Gasteiger partial charge in [0.2, 0.25) is 5.95 Å². The standard InChI is InChI=1S/C25H31N6O8P/c1-5-25(27)19(32)18(38-23(25)31-12-11-17-20(31)28-24(26)29-21(17)33)13-36-40(35,39-16-9-7-6-8-10-16)30-15(4)22(34)37-14(2)3/h1,6-12,14-15,18-19,23,32H,13,27H2,2-4H3,(H,30,35)(H3,26,28,29,33)/t15-,18?,19-,23+,25+,40?/m0/s1. The van der Waals surface area contributed by atoms with Gasteiger partial charge in [0.1, 0.15) is 24.0 Å². The Morgan fingerprint density at radius 1 is 1.35 bits per heavy atom. The molecule has 1 saturated heterocycles. The van der Waals surface area contributed by atoms with Crippen molar-refractivity contribution in [3.8, 4) is 18.1 Å². The van der Waals surface area contributed by atoms with Crippen molar-refractivity contribution in [1.29, 1.82) is 0 Å². The second-order valence-corrected chi connectivity index (χ2v) is 11.2. The molecule has 0 saturated carbocycles. The van der Waals surface area contributed by atoms with Gasteiger partial charge in [-0.05, 0) is 39.0 Å². The molecule has 15 heteroatoms. The second-order valence-electron chi connectivity index (χ2n) is 9.49. The molecule has 2 aromatic heterocycles. The molecule has 7 N–H and O–H groups in total. The molecule has 3 heterocycles. The molecule has 4 rings (SSSR count). The molecule has 1 aliphatic heterocycles. The van der Waals surface area contributed by atoms with Gasteiger partial charge in [-0.25, -0.2) is 4.57 Å². The van der Waals surface area contributed by atoms with Crippen LogP contribution in [0.5, 0.6) is 5.75 Å². The van der Waals surface area contributed by atoms with Crippen LogP contribution in [0, 0.1) is 12.3 Å². The van der Waals surface area contributed by atoms with Crippen LogP contribution in [0.3, 0.4) is 0 Å². The van der Waals surface area contributed by atoms with Gasteiger partial charge in [0, 0.05) is 6.20 Å². The maximum absolute atomic E-state index is 13.8. The molecule has 6 atom stereocenters. The van der Waals surface area contributed by atoms with Crippen molar-refractivity contribution in [3.63, 3.8) is 0 Å². The Morgan fingerprint density at radius 3 is 2.70 bits per heavy atom. The van der Waals surface area contributed by atoms with Crippen LogP contribution in [0.4, 0.5) is 5.95 Å². The third-order valence-corrected chi connectivity index (χ3v) is 7.73. The molecule has 214 valence electrons. The van der Waals surface area contributed by atoms with E-state index in [1.54, 1.807) is 44.2 Å². The molecule has 1 fully saturated rings. The number of nitrogens with two attached hydrogens (primary N) is 2. The summed E-state index contributed by atoms with van der Waals surface area (Å²) in [7, 11) is -4.27. The van der Waals surface area contributed by atoms with Gasteiger partial charge >= 0.3 is 13.7 Å². The summed E-state index contributed by atoms with van der Waals surface area (Å²) in [5, 5.41) is 13.8. The number of aliphatic hydroxyl groups is 1. The lowest BCUT2D eigenvalue weighted by Gasteiger charge is -2.28. The Hall–Kier alpha value is -3.70. The van der Waals surface area contributed by atoms with Gasteiger partial charge in [-0.1, -0.05) is 24.1 Å². The molecule has 14 nitrogen and oxygen atoms in total. The zero-order chi connectivity index (χ0) is 29.2. The Morgan fingerprint density at radius 2 is 2.05 bits per heavy atom. The highest BCUT2D eigenvalue weighted by molar-refractivity contribution is 7.52. The van der Waals surface area contributed by atoms with E-state index in [4.69, 9.17) is 36.4 Å². The molecule has 2 unspecified atom stereocenters. The summed E-state index contributed by atoms with van der Waals surface area (Å²) in [4.78, 5) is 31.2. The maximum Gasteiger partial charge on any atom is 0.459 e. The van der Waals surface area contributed by atoms with Crippen LogP contribution in [0.25, 0.3) is 11.0 Å². The van der Waals surface area contributed by atoms with E-state index in [0.717, 1.165) is 0 Å². The van der Waals surface area contributed by atoms with E-state index in [9.17, 15) is 19.3 Å². The number of para-hydroxylation sites is 1. The van der Waals surface area contributed by atoms with Gasteiger partial charge in [-0.15, -0.1) is 6.42 Å². The molecule has 0 radical (unpaired) electrons. The fourth-order valence-corrected chi connectivity index (χ4v) is 5.65. The number of benzene rings is 1. The quantitative estimate of drug-likeness (QED) is 0.131. The number of ether oxygens (including phenoxy) is 2. The van der Waals surface area contributed by atoms with Crippen LogP contribution < -0.4 is 26.6 Å². The fourth-order valence-electron chi connectivity index (χ4n) is 4.14. The van der Waals surface area contributed by atoms with Gasteiger partial charge in [-0.2, -0.15) is 10.1 Å². The number of nitrogen functional groups attached to an aromatic ring is 1. The Kier molecular flexibility index (Phi) is 8.36. The highest BCUT2D eigenvalue weighted by atomic mass is 31.2. The van der Waals surface area contributed by atoms with Crippen molar-refractivity contribution >= 4 is 30.7 Å². The minimum Gasteiger partial charge on any atom is -0.462 e. The monoisotopic (exact) mass is 574 g/mol. The van der Waals surface area contributed by atoms with Crippen LogP contribution in [0.2, 0.25) is 0 Å². The van der Waals surface area contributed by atoms with Crippen molar-refractivity contribution in [2.75, 3.05) is 12.3 Å². The molecule has 40 heavy (non-hydrogen) atoms. The first-order valence-electron chi connectivity index (χ1n) is 12.3. The van der Waals surface area contributed by atoms with Crippen LogP contribution >= 0.6 is 7.75 Å². The first kappa shape index (κ1) is 29.3. The van der Waals surface area contributed by atoms with Crippen molar-refractivity contribution < 1.29 is 33.0 Å². The number of hydrogen-bond acceptors (Lipinski definition) is 11. The highest BCUT2D eigenvalue weighted by Crippen LogP contribution is 2.47. The van der Waals surface area contributed by atoms with Crippen molar-refractivity contribution in [3.05, 3.63) is 52.9 Å². The number of terminal acetylenes is 1. The smallest absolute Gasteiger partial charge is 0.459 e. The lowest BCUT2D eigenvalue weighted by atomic mass is 9.92. The minimum atomic E-state index is -4.27. The van der Waals surface area contributed by atoms with Gasteiger partial charge in [0.05, 0.1) is 18.1 Å². The summed E-state index contributed by atoms with van der Waals surface area (Å²) in [6.07, 6.45) is 2.84. The summed E-state index contributed by atoms with van der Waals surface area (Å²) in [6, 6.07) is 8.54. The molecule has 0 amide bonds. The SMILES string of the molecule is C#C[C@@]1(N)[C@@H](O)C(COP(=O)(N[C@@H](C)C(=O)OC(C)C)Oc2ccccc2)O[C@H]1n1ccc2c(=O)[nH]c(N)nc21. The summed E-state index contributed by atoms with van der Waals surface area (Å²) in [6.45, 7) is 4.27. The Bertz CT molecular complexity index is 1520. The number of carbonyl (C=O) groups is 1. The van der Waals surface area contributed by atoms with Crippen LogP contribution in [0.1, 0.15) is 27.0 Å². The van der Waals surface area contributed by atoms with E-state index >= 15 is 0 Å². The first-order valence-corrected chi connectivity index (χ1v) is 13.8. The van der Waals surface area contributed by atoms with Gasteiger partial charge in [0.25, 0.3) is 5.56 Å². The van der Waals surface area contributed by atoms with E-state index in [2.05, 4.69) is 21.0 Å². The zero-order valence-electron chi connectivity index (χ0n) is 22.0. The third-order valence-electron chi connectivity index (χ3n) is 6.09. The summed E-state index contributed by atoms with van der Waals surface area (Å²) in [5.74, 6) is 1.73. The van der Waals surface area contributed by atoms with Crippen LogP contribution in [-0.4, -0.2) is 62.1 Å². The number of rotatable bonds is 10. The molecular weight excluding hydrogens is 543 g/mol. The van der Waals surface area contributed by atoms with E-state index in [0.29, 0.717) is 0 Å². The summed E-state index contributed by atoms with van der Waals surface area (Å²) >= 11 is 0. The normalized spacial score (nSPS) is 24.9. The minimum absolute atomic E-state index is 0.127. The first-order chi connectivity index (χ1) is 18.9. The number of carbonyl (C=O) groups excluding carboxylic acids is 1. The number of fused-ring (bicyclic) bond motifs is 1. The number of aromatic amines is 1. The fraction of sp³-hybridized carbons (Fsp3) is 0.400. The molecule has 1 aromatic carbocycles. The predicted molar refractivity (Wildman–Crippen MR) is 145 cm³/mol. The van der Waals surface area contributed by atoms with Gasteiger partial charge in [-0.3, -0.25) is 19.1 Å². The topological polar surface area (TPSA) is 206 Å². The average molecular weight is 575 g/mol. The second kappa shape index (κ2) is 11.4. The van der Waals surface area contributed by atoms with Crippen molar-refractivity contribution in [2.24, 2.45) is 5.73 Å². The van der Waals surface area contributed by atoms with Gasteiger partial charge in [0.15, 0.2) is 17.4 Å². The van der Waals surface area contributed by atoms with E-state index < -0.39 is 62.0 Å². The van der Waals surface area contributed by atoms with Crippen LogP contribution in [-0.2, 0) is 23.4 Å². The number of aromatic nitrogens is 3. The Balaban J connectivity index is 1.59. The Labute approximate surface area is 229 Å². The van der Waals surface area contributed by atoms with Crippen LogP contribution in [0.15, 0.2) is 47.4 Å². The number of aliphatic hydroxyl groups excluding tert-OH is 1. The lowest BCUT2D eigenvalue weighted by Crippen LogP contribution is -2.53. The van der Waals surface area contributed by atoms with E-state index in [-0.39, 0.29) is 22.7 Å². The van der Waals surface area contributed by atoms with Crippen molar-refractivity contribution in [2.45, 2.75) is 56.9 Å². The largest absolute Gasteiger partial charge is 0.462 e. The van der Waals surface area contributed by atoms with E-state index in [1.165, 1.54) is 23.8 Å².